The Bertz CT molecular complexity index is 469. The standard InChI is InChI=1S/C15H20Cl2FNO/c1-9(12-6-15(18)14(17)7-13(12)16)19-8-10-3-2-4-11(20)5-10/h6-7,9-11,19-20H,2-5,8H2,1H3. The molecule has 1 aliphatic rings. The fourth-order valence-corrected chi connectivity index (χ4v) is 3.32. The molecule has 0 aliphatic heterocycles. The molecule has 20 heavy (non-hydrogen) atoms. The average molecular weight is 320 g/mol. The molecular formula is C15H20Cl2FNO. The second-order valence-electron chi connectivity index (χ2n) is 5.60. The van der Waals surface area contributed by atoms with E-state index in [1.165, 1.54) is 12.1 Å². The van der Waals surface area contributed by atoms with Crippen LogP contribution in [0.1, 0.15) is 44.2 Å². The molecule has 1 aromatic rings. The van der Waals surface area contributed by atoms with Crippen molar-refractivity contribution in [3.05, 3.63) is 33.6 Å². The van der Waals surface area contributed by atoms with Crippen LogP contribution in [0.4, 0.5) is 4.39 Å². The van der Waals surface area contributed by atoms with E-state index in [4.69, 9.17) is 23.2 Å². The Morgan fingerprint density at radius 1 is 1.35 bits per heavy atom. The van der Waals surface area contributed by atoms with Crippen molar-refractivity contribution in [1.82, 2.24) is 5.32 Å². The first-order chi connectivity index (χ1) is 9.47. The van der Waals surface area contributed by atoms with E-state index >= 15 is 0 Å². The van der Waals surface area contributed by atoms with E-state index in [-0.39, 0.29) is 17.2 Å². The van der Waals surface area contributed by atoms with E-state index < -0.39 is 5.82 Å². The molecule has 1 aliphatic carbocycles. The minimum atomic E-state index is -0.451. The van der Waals surface area contributed by atoms with Crippen molar-refractivity contribution in [3.8, 4) is 0 Å². The van der Waals surface area contributed by atoms with E-state index in [1.807, 2.05) is 6.92 Å². The largest absolute Gasteiger partial charge is 0.393 e. The number of aliphatic hydroxyl groups excluding tert-OH is 1. The lowest BCUT2D eigenvalue weighted by molar-refractivity contribution is 0.0998. The summed E-state index contributed by atoms with van der Waals surface area (Å²) in [6.07, 6.45) is 3.75. The summed E-state index contributed by atoms with van der Waals surface area (Å²) in [7, 11) is 0. The van der Waals surface area contributed by atoms with E-state index in [1.54, 1.807) is 0 Å². The minimum absolute atomic E-state index is 0.0429. The number of benzene rings is 1. The summed E-state index contributed by atoms with van der Waals surface area (Å²) in [5, 5.41) is 13.5. The zero-order valence-corrected chi connectivity index (χ0v) is 13.0. The summed E-state index contributed by atoms with van der Waals surface area (Å²) in [4.78, 5) is 0. The molecule has 0 spiro atoms. The van der Waals surface area contributed by atoms with Crippen LogP contribution in [0.3, 0.4) is 0 Å². The molecule has 2 rings (SSSR count). The molecule has 0 radical (unpaired) electrons. The van der Waals surface area contributed by atoms with Gasteiger partial charge >= 0.3 is 0 Å². The van der Waals surface area contributed by atoms with Crippen LogP contribution in [0.2, 0.25) is 10.0 Å². The number of hydrogen-bond donors (Lipinski definition) is 2. The van der Waals surface area contributed by atoms with Gasteiger partial charge in [-0.1, -0.05) is 29.6 Å². The highest BCUT2D eigenvalue weighted by Crippen LogP contribution is 2.29. The maximum atomic E-state index is 13.5. The molecule has 0 saturated heterocycles. The van der Waals surface area contributed by atoms with Crippen LogP contribution < -0.4 is 5.32 Å². The summed E-state index contributed by atoms with van der Waals surface area (Å²) < 4.78 is 13.5. The summed E-state index contributed by atoms with van der Waals surface area (Å²) >= 11 is 11.8. The van der Waals surface area contributed by atoms with Gasteiger partial charge in [0.2, 0.25) is 0 Å². The van der Waals surface area contributed by atoms with Gasteiger partial charge < -0.3 is 10.4 Å². The van der Waals surface area contributed by atoms with Gasteiger partial charge in [0.25, 0.3) is 0 Å². The van der Waals surface area contributed by atoms with Crippen LogP contribution in [0, 0.1) is 11.7 Å². The van der Waals surface area contributed by atoms with Crippen LogP contribution in [-0.2, 0) is 0 Å². The van der Waals surface area contributed by atoms with Gasteiger partial charge in [-0.05, 0) is 56.3 Å². The number of nitrogens with one attached hydrogen (secondary N) is 1. The Hall–Kier alpha value is -0.350. The van der Waals surface area contributed by atoms with Crippen molar-refractivity contribution in [2.45, 2.75) is 44.8 Å². The number of hydrogen-bond acceptors (Lipinski definition) is 2. The smallest absolute Gasteiger partial charge is 0.142 e. The van der Waals surface area contributed by atoms with Crippen LogP contribution >= 0.6 is 23.2 Å². The van der Waals surface area contributed by atoms with E-state index in [0.717, 1.165) is 32.2 Å². The second kappa shape index (κ2) is 7.08. The third-order valence-corrected chi connectivity index (χ3v) is 4.59. The topological polar surface area (TPSA) is 32.3 Å². The molecule has 1 fully saturated rings. The zero-order valence-electron chi connectivity index (χ0n) is 11.5. The van der Waals surface area contributed by atoms with Gasteiger partial charge in [-0.3, -0.25) is 0 Å². The molecule has 3 atom stereocenters. The molecule has 2 nitrogen and oxygen atoms in total. The van der Waals surface area contributed by atoms with Crippen molar-refractivity contribution >= 4 is 23.2 Å². The van der Waals surface area contributed by atoms with Gasteiger partial charge in [0.1, 0.15) is 5.82 Å². The Balaban J connectivity index is 1.94. The molecule has 0 aromatic heterocycles. The summed E-state index contributed by atoms with van der Waals surface area (Å²) in [6.45, 7) is 2.76. The van der Waals surface area contributed by atoms with Crippen molar-refractivity contribution in [2.24, 2.45) is 5.92 Å². The Kier molecular flexibility index (Phi) is 5.67. The molecule has 1 aromatic carbocycles. The van der Waals surface area contributed by atoms with Gasteiger partial charge in [-0.2, -0.15) is 0 Å². The maximum Gasteiger partial charge on any atom is 0.142 e. The van der Waals surface area contributed by atoms with Crippen LogP contribution in [0.25, 0.3) is 0 Å². The van der Waals surface area contributed by atoms with Crippen LogP contribution in [0.5, 0.6) is 0 Å². The van der Waals surface area contributed by atoms with Gasteiger partial charge in [0, 0.05) is 11.1 Å². The summed E-state index contributed by atoms with van der Waals surface area (Å²) in [5.74, 6) is 0.0185. The highest BCUT2D eigenvalue weighted by Gasteiger charge is 2.21. The fraction of sp³-hybridized carbons (Fsp3) is 0.600. The van der Waals surface area contributed by atoms with Crippen molar-refractivity contribution < 1.29 is 9.50 Å². The third-order valence-electron chi connectivity index (χ3n) is 3.97. The minimum Gasteiger partial charge on any atom is -0.393 e. The SMILES string of the molecule is CC(NCC1CCCC(O)C1)c1cc(F)c(Cl)cc1Cl. The molecular weight excluding hydrogens is 300 g/mol. The van der Waals surface area contributed by atoms with E-state index in [9.17, 15) is 9.50 Å². The molecule has 2 N–H and O–H groups in total. The fourth-order valence-electron chi connectivity index (χ4n) is 2.77. The van der Waals surface area contributed by atoms with Crippen LogP contribution in [0.15, 0.2) is 12.1 Å². The van der Waals surface area contributed by atoms with Gasteiger partial charge in [0.05, 0.1) is 11.1 Å². The molecule has 0 bridgehead atoms. The first-order valence-corrected chi connectivity index (χ1v) is 7.79. The van der Waals surface area contributed by atoms with Crippen molar-refractivity contribution in [1.29, 1.82) is 0 Å². The Morgan fingerprint density at radius 3 is 2.80 bits per heavy atom. The van der Waals surface area contributed by atoms with Crippen LogP contribution in [-0.4, -0.2) is 17.8 Å². The van der Waals surface area contributed by atoms with Gasteiger partial charge in [-0.15, -0.1) is 0 Å². The van der Waals surface area contributed by atoms with Gasteiger partial charge in [-0.25, -0.2) is 4.39 Å². The number of rotatable bonds is 4. The quantitative estimate of drug-likeness (QED) is 0.809. The second-order valence-corrected chi connectivity index (χ2v) is 6.42. The number of halogens is 3. The first-order valence-electron chi connectivity index (χ1n) is 7.03. The lowest BCUT2D eigenvalue weighted by Crippen LogP contribution is -2.30. The van der Waals surface area contributed by atoms with Gasteiger partial charge in [0.15, 0.2) is 0 Å². The predicted octanol–water partition coefficient (Wildman–Crippen LogP) is 4.33. The Morgan fingerprint density at radius 2 is 2.10 bits per heavy atom. The van der Waals surface area contributed by atoms with E-state index in [0.29, 0.717) is 16.5 Å². The average Bonchev–Trinajstić information content (AvgIpc) is 2.40. The first kappa shape index (κ1) is 16.0. The zero-order chi connectivity index (χ0) is 14.7. The number of aliphatic hydroxyl groups is 1. The molecule has 0 heterocycles. The normalized spacial score (nSPS) is 24.6. The highest BCUT2D eigenvalue weighted by atomic mass is 35.5. The third kappa shape index (κ3) is 4.08. The summed E-state index contributed by atoms with van der Waals surface area (Å²) in [6, 6.07) is 2.78. The predicted molar refractivity (Wildman–Crippen MR) is 80.8 cm³/mol. The highest BCUT2D eigenvalue weighted by molar-refractivity contribution is 6.35. The molecule has 112 valence electrons. The summed E-state index contributed by atoms with van der Waals surface area (Å²) in [5.41, 5.74) is 0.713. The molecule has 5 heteroatoms. The van der Waals surface area contributed by atoms with Crippen molar-refractivity contribution in [3.63, 3.8) is 0 Å². The maximum absolute atomic E-state index is 13.5. The molecule has 1 saturated carbocycles. The van der Waals surface area contributed by atoms with Crippen molar-refractivity contribution in [2.75, 3.05) is 6.54 Å². The Labute approximate surface area is 129 Å². The van der Waals surface area contributed by atoms with E-state index in [2.05, 4.69) is 5.32 Å². The monoisotopic (exact) mass is 319 g/mol. The molecule has 3 unspecified atom stereocenters. The lowest BCUT2D eigenvalue weighted by atomic mass is 9.87. The lowest BCUT2D eigenvalue weighted by Gasteiger charge is -2.27. The molecule has 0 amide bonds.